The monoisotopic (exact) mass is 486 g/mol. The van der Waals surface area contributed by atoms with Crippen molar-refractivity contribution >= 4 is 23.4 Å². The normalized spacial score (nSPS) is 15.7. The Morgan fingerprint density at radius 2 is 1.88 bits per heavy atom. The maximum absolute atomic E-state index is 13.5. The number of aromatic nitrogens is 1. The van der Waals surface area contributed by atoms with E-state index in [2.05, 4.69) is 9.73 Å². The molecule has 0 saturated heterocycles. The predicted octanol–water partition coefficient (Wildman–Crippen LogP) is 3.02. The molecule has 34 heavy (non-hydrogen) atoms. The van der Waals surface area contributed by atoms with Crippen LogP contribution in [0.5, 0.6) is 11.5 Å². The minimum atomic E-state index is -2.99. The van der Waals surface area contributed by atoms with E-state index < -0.39 is 18.6 Å². The average Bonchev–Trinajstić information content (AvgIpc) is 3.13. The molecule has 0 N–H and O–H groups in total. The van der Waals surface area contributed by atoms with Crippen LogP contribution in [0.1, 0.15) is 24.1 Å². The Bertz CT molecular complexity index is 1440. The van der Waals surface area contributed by atoms with Gasteiger partial charge in [0.05, 0.1) is 36.1 Å². The van der Waals surface area contributed by atoms with Gasteiger partial charge in [-0.1, -0.05) is 47.7 Å². The van der Waals surface area contributed by atoms with E-state index in [0.29, 0.717) is 20.6 Å². The molecule has 0 aliphatic carbocycles. The van der Waals surface area contributed by atoms with Gasteiger partial charge in [0, 0.05) is 0 Å². The van der Waals surface area contributed by atoms with Crippen molar-refractivity contribution in [3.8, 4) is 11.5 Å². The van der Waals surface area contributed by atoms with E-state index in [1.54, 1.807) is 13.0 Å². The van der Waals surface area contributed by atoms with Gasteiger partial charge in [-0.3, -0.25) is 9.36 Å². The Morgan fingerprint density at radius 3 is 2.53 bits per heavy atom. The molecule has 1 unspecified atom stereocenters. The molecule has 176 valence electrons. The molecule has 1 atom stereocenters. The van der Waals surface area contributed by atoms with Crippen molar-refractivity contribution in [1.82, 2.24) is 4.57 Å². The first-order valence-electron chi connectivity index (χ1n) is 10.1. The summed E-state index contributed by atoms with van der Waals surface area (Å²) in [4.78, 5) is 31.0. The summed E-state index contributed by atoms with van der Waals surface area (Å²) in [6, 6.07) is 12.8. The quantitative estimate of drug-likeness (QED) is 0.501. The van der Waals surface area contributed by atoms with Gasteiger partial charge in [-0.2, -0.15) is 8.78 Å². The Balaban J connectivity index is 1.88. The van der Waals surface area contributed by atoms with Gasteiger partial charge in [-0.25, -0.2) is 9.79 Å². The van der Waals surface area contributed by atoms with Crippen molar-refractivity contribution in [2.45, 2.75) is 19.6 Å². The third-order valence-electron chi connectivity index (χ3n) is 5.24. The molecule has 0 spiro atoms. The molecule has 4 rings (SSSR count). The fourth-order valence-electron chi connectivity index (χ4n) is 3.76. The fraction of sp³-hybridized carbons (Fsp3) is 0.208. The van der Waals surface area contributed by atoms with Gasteiger partial charge >= 0.3 is 12.6 Å². The molecule has 1 aromatic heterocycles. The molecule has 1 aliphatic heterocycles. The standard InChI is InChI=1S/C24H20F2N2O5S/c1-13-19(22(30)32-3)20(15-7-5-4-6-8-15)28-21(29)18(34-24(28)27-13)12-14-9-10-16(33-23(25)26)17(11-14)31-2/h4-12,20,23H,1-3H3. The van der Waals surface area contributed by atoms with Crippen LogP contribution in [0.15, 0.2) is 69.6 Å². The summed E-state index contributed by atoms with van der Waals surface area (Å²) in [6.07, 6.45) is 1.61. The van der Waals surface area contributed by atoms with E-state index in [-0.39, 0.29) is 22.6 Å². The summed E-state index contributed by atoms with van der Waals surface area (Å²) < 4.78 is 41.6. The van der Waals surface area contributed by atoms with Crippen LogP contribution >= 0.6 is 11.3 Å². The van der Waals surface area contributed by atoms with Gasteiger partial charge in [-0.05, 0) is 36.3 Å². The molecule has 0 amide bonds. The summed E-state index contributed by atoms with van der Waals surface area (Å²) in [6.45, 7) is -1.29. The summed E-state index contributed by atoms with van der Waals surface area (Å²) in [5.41, 5.74) is 1.67. The zero-order chi connectivity index (χ0) is 24.4. The van der Waals surface area contributed by atoms with Crippen LogP contribution in [0.2, 0.25) is 0 Å². The highest BCUT2D eigenvalue weighted by Crippen LogP contribution is 2.31. The number of carbonyl (C=O) groups excluding carboxylic acids is 1. The topological polar surface area (TPSA) is 79.1 Å². The Kier molecular flexibility index (Phi) is 6.60. The summed E-state index contributed by atoms with van der Waals surface area (Å²) in [7, 11) is 2.62. The number of carbonyl (C=O) groups is 1. The number of hydrogen-bond donors (Lipinski definition) is 0. The molecule has 0 saturated carbocycles. The number of allylic oxidation sites excluding steroid dienone is 1. The van der Waals surface area contributed by atoms with E-state index in [1.165, 1.54) is 37.0 Å². The number of alkyl halides is 2. The lowest BCUT2D eigenvalue weighted by Gasteiger charge is -2.24. The van der Waals surface area contributed by atoms with Crippen LogP contribution in [-0.4, -0.2) is 31.4 Å². The number of fused-ring (bicyclic) bond motifs is 1. The van der Waals surface area contributed by atoms with Crippen LogP contribution in [0.4, 0.5) is 8.78 Å². The number of benzene rings is 2. The number of hydrogen-bond acceptors (Lipinski definition) is 7. The first-order chi connectivity index (χ1) is 16.3. The van der Waals surface area contributed by atoms with Crippen LogP contribution in [0.3, 0.4) is 0 Å². The van der Waals surface area contributed by atoms with Crippen LogP contribution < -0.4 is 24.4 Å². The molecule has 7 nitrogen and oxygen atoms in total. The number of rotatable bonds is 6. The first kappa shape index (κ1) is 23.4. The second-order valence-corrected chi connectivity index (χ2v) is 8.28. The zero-order valence-corrected chi connectivity index (χ0v) is 19.3. The van der Waals surface area contributed by atoms with Crippen molar-refractivity contribution in [3.05, 3.63) is 90.6 Å². The second kappa shape index (κ2) is 9.60. The number of esters is 1. The Hall–Kier alpha value is -3.79. The van der Waals surface area contributed by atoms with Crippen molar-refractivity contribution in [3.63, 3.8) is 0 Å². The largest absolute Gasteiger partial charge is 0.493 e. The number of methoxy groups -OCH3 is 2. The summed E-state index contributed by atoms with van der Waals surface area (Å²) >= 11 is 1.16. The molecule has 10 heteroatoms. The lowest BCUT2D eigenvalue weighted by molar-refractivity contribution is -0.136. The van der Waals surface area contributed by atoms with Crippen molar-refractivity contribution in [2.75, 3.05) is 14.2 Å². The molecule has 0 radical (unpaired) electrons. The Morgan fingerprint density at radius 1 is 1.15 bits per heavy atom. The van der Waals surface area contributed by atoms with Crippen LogP contribution in [0.25, 0.3) is 6.08 Å². The maximum Gasteiger partial charge on any atom is 0.387 e. The number of nitrogens with zero attached hydrogens (tertiary/aromatic N) is 2. The summed E-state index contributed by atoms with van der Waals surface area (Å²) in [5.74, 6) is -0.574. The maximum atomic E-state index is 13.5. The van der Waals surface area contributed by atoms with Crippen molar-refractivity contribution in [1.29, 1.82) is 0 Å². The molecule has 0 bridgehead atoms. The molecule has 1 aliphatic rings. The van der Waals surface area contributed by atoms with Gasteiger partial charge in [0.1, 0.15) is 0 Å². The zero-order valence-electron chi connectivity index (χ0n) is 18.5. The third-order valence-corrected chi connectivity index (χ3v) is 6.23. The van der Waals surface area contributed by atoms with Gasteiger partial charge < -0.3 is 14.2 Å². The highest BCUT2D eigenvalue weighted by Gasteiger charge is 2.32. The van der Waals surface area contributed by atoms with E-state index >= 15 is 0 Å². The molecular weight excluding hydrogens is 466 g/mol. The second-order valence-electron chi connectivity index (χ2n) is 7.27. The third kappa shape index (κ3) is 4.36. The van der Waals surface area contributed by atoms with Gasteiger partial charge in [-0.15, -0.1) is 0 Å². The number of ether oxygens (including phenoxy) is 3. The lowest BCUT2D eigenvalue weighted by atomic mass is 9.96. The number of halogens is 2. The highest BCUT2D eigenvalue weighted by molar-refractivity contribution is 7.07. The van der Waals surface area contributed by atoms with Gasteiger partial charge in [0.15, 0.2) is 16.3 Å². The molecule has 2 heterocycles. The Labute approximate surface area is 196 Å². The van der Waals surface area contributed by atoms with E-state index in [0.717, 1.165) is 16.9 Å². The van der Waals surface area contributed by atoms with Crippen molar-refractivity contribution in [2.24, 2.45) is 4.99 Å². The minimum absolute atomic E-state index is 0.104. The molecule has 2 aromatic carbocycles. The summed E-state index contributed by atoms with van der Waals surface area (Å²) in [5, 5.41) is 0. The molecule has 3 aromatic rings. The SMILES string of the molecule is COC(=O)C1=C(C)N=c2sc(=Cc3ccc(OC(F)F)c(OC)c3)c(=O)n2C1c1ccccc1. The number of thiazole rings is 1. The minimum Gasteiger partial charge on any atom is -0.493 e. The fourth-order valence-corrected chi connectivity index (χ4v) is 4.81. The van der Waals surface area contributed by atoms with E-state index in [4.69, 9.17) is 9.47 Å². The molecule has 0 fully saturated rings. The molecular formula is C24H20F2N2O5S. The van der Waals surface area contributed by atoms with E-state index in [9.17, 15) is 18.4 Å². The van der Waals surface area contributed by atoms with Crippen molar-refractivity contribution < 1.29 is 27.8 Å². The lowest BCUT2D eigenvalue weighted by Crippen LogP contribution is -2.39. The van der Waals surface area contributed by atoms with E-state index in [1.807, 2.05) is 30.3 Å². The smallest absolute Gasteiger partial charge is 0.387 e. The highest BCUT2D eigenvalue weighted by atomic mass is 32.1. The van der Waals surface area contributed by atoms with Crippen LogP contribution in [-0.2, 0) is 9.53 Å². The average molecular weight is 486 g/mol. The van der Waals surface area contributed by atoms with Gasteiger partial charge in [0.25, 0.3) is 5.56 Å². The van der Waals surface area contributed by atoms with Crippen LogP contribution in [0, 0.1) is 0 Å². The first-order valence-corrected chi connectivity index (χ1v) is 10.9. The van der Waals surface area contributed by atoms with Gasteiger partial charge in [0.2, 0.25) is 0 Å². The predicted molar refractivity (Wildman–Crippen MR) is 122 cm³/mol.